The number of rotatable bonds is 4. The molecule has 1 fully saturated rings. The van der Waals surface area contributed by atoms with E-state index in [1.54, 1.807) is 19.5 Å². The lowest BCUT2D eigenvalue weighted by Gasteiger charge is -2.35. The minimum atomic E-state index is -0.00637. The number of nitrogens with zero attached hydrogens (tertiary/aromatic N) is 6. The van der Waals surface area contributed by atoms with E-state index in [9.17, 15) is 4.79 Å². The van der Waals surface area contributed by atoms with Crippen molar-refractivity contribution in [2.24, 2.45) is 0 Å². The number of ether oxygens (including phenoxy) is 1. The first-order valence-corrected chi connectivity index (χ1v) is 9.60. The lowest BCUT2D eigenvalue weighted by Crippen LogP contribution is -2.49. The molecule has 1 saturated heterocycles. The van der Waals surface area contributed by atoms with Crippen molar-refractivity contribution < 1.29 is 9.53 Å². The minimum Gasteiger partial charge on any atom is -0.496 e. The molecule has 0 atom stereocenters. The molecular formula is C21H24N6O2. The zero-order valence-corrected chi connectivity index (χ0v) is 16.9. The average Bonchev–Trinajstić information content (AvgIpc) is 3.11. The fraction of sp³-hybridized carbons (Fsp3) is 0.333. The molecule has 0 bridgehead atoms. The summed E-state index contributed by atoms with van der Waals surface area (Å²) < 4.78 is 7.15. The molecule has 0 saturated carbocycles. The van der Waals surface area contributed by atoms with Crippen molar-refractivity contribution in [3.8, 4) is 11.6 Å². The Kier molecular flexibility index (Phi) is 5.16. The third-order valence-electron chi connectivity index (χ3n) is 5.09. The summed E-state index contributed by atoms with van der Waals surface area (Å²) in [4.78, 5) is 25.7. The molecule has 3 heterocycles. The van der Waals surface area contributed by atoms with Crippen molar-refractivity contribution >= 4 is 11.7 Å². The summed E-state index contributed by atoms with van der Waals surface area (Å²) in [5.74, 6) is 2.18. The maximum absolute atomic E-state index is 12.9. The predicted molar refractivity (Wildman–Crippen MR) is 110 cm³/mol. The van der Waals surface area contributed by atoms with Crippen LogP contribution in [0.5, 0.6) is 5.75 Å². The van der Waals surface area contributed by atoms with Crippen molar-refractivity contribution in [3.63, 3.8) is 0 Å². The van der Waals surface area contributed by atoms with E-state index in [-0.39, 0.29) is 5.91 Å². The summed E-state index contributed by atoms with van der Waals surface area (Å²) in [6, 6.07) is 11.3. The lowest BCUT2D eigenvalue weighted by molar-refractivity contribution is 0.0743. The third-order valence-corrected chi connectivity index (χ3v) is 5.09. The molecule has 0 aliphatic carbocycles. The summed E-state index contributed by atoms with van der Waals surface area (Å²) >= 11 is 0. The molecule has 0 N–H and O–H groups in total. The van der Waals surface area contributed by atoms with Gasteiger partial charge in [-0.1, -0.05) is 12.1 Å². The number of aromatic nitrogens is 4. The maximum atomic E-state index is 12.9. The fourth-order valence-electron chi connectivity index (χ4n) is 3.62. The first-order valence-electron chi connectivity index (χ1n) is 9.60. The molecule has 8 heteroatoms. The van der Waals surface area contributed by atoms with Crippen LogP contribution in [-0.2, 0) is 0 Å². The topological polar surface area (TPSA) is 76.4 Å². The minimum absolute atomic E-state index is 0.00637. The summed E-state index contributed by atoms with van der Waals surface area (Å²) in [7, 11) is 1.58. The number of benzene rings is 1. The van der Waals surface area contributed by atoms with E-state index in [1.807, 2.05) is 53.8 Å². The molecule has 8 nitrogen and oxygen atoms in total. The Bertz CT molecular complexity index is 1020. The number of carbonyl (C=O) groups excluding carboxylic acids is 1. The smallest absolute Gasteiger partial charge is 0.257 e. The van der Waals surface area contributed by atoms with Crippen molar-refractivity contribution in [3.05, 3.63) is 59.7 Å². The highest BCUT2D eigenvalue weighted by atomic mass is 16.5. The van der Waals surface area contributed by atoms with Gasteiger partial charge in [0.2, 0.25) is 0 Å². The second kappa shape index (κ2) is 7.90. The zero-order chi connectivity index (χ0) is 20.4. The molecule has 150 valence electrons. The van der Waals surface area contributed by atoms with Crippen LogP contribution in [0.4, 0.5) is 5.82 Å². The Morgan fingerprint density at radius 2 is 1.72 bits per heavy atom. The SMILES string of the molecule is COc1ccccc1C(=O)N1CCN(c2cc(-n3nc(C)cc3C)ncn2)CC1. The van der Waals surface area contributed by atoms with Crippen LogP contribution in [0, 0.1) is 13.8 Å². The van der Waals surface area contributed by atoms with Gasteiger partial charge in [-0.3, -0.25) is 4.79 Å². The Balaban J connectivity index is 1.47. The van der Waals surface area contributed by atoms with Crippen molar-refractivity contribution in [2.45, 2.75) is 13.8 Å². The van der Waals surface area contributed by atoms with Crippen LogP contribution in [0.3, 0.4) is 0 Å². The third kappa shape index (κ3) is 3.78. The Morgan fingerprint density at radius 3 is 2.41 bits per heavy atom. The molecule has 0 spiro atoms. The first-order chi connectivity index (χ1) is 14.1. The van der Waals surface area contributed by atoms with Crippen molar-refractivity contribution in [1.29, 1.82) is 0 Å². The number of carbonyl (C=O) groups is 1. The summed E-state index contributed by atoms with van der Waals surface area (Å²) in [5, 5.41) is 4.49. The van der Waals surface area contributed by atoms with Gasteiger partial charge in [0.15, 0.2) is 5.82 Å². The quantitative estimate of drug-likeness (QED) is 0.678. The molecule has 0 radical (unpaired) electrons. The number of hydrogen-bond acceptors (Lipinski definition) is 6. The van der Waals surface area contributed by atoms with Gasteiger partial charge in [0.1, 0.15) is 17.9 Å². The van der Waals surface area contributed by atoms with Crippen LogP contribution in [0.2, 0.25) is 0 Å². The van der Waals surface area contributed by atoms with E-state index in [1.165, 1.54) is 0 Å². The number of aryl methyl sites for hydroxylation is 2. The van der Waals surface area contributed by atoms with Gasteiger partial charge >= 0.3 is 0 Å². The molecule has 1 aromatic carbocycles. The van der Waals surface area contributed by atoms with Gasteiger partial charge in [0, 0.05) is 37.9 Å². The van der Waals surface area contributed by atoms with Gasteiger partial charge in [0.25, 0.3) is 5.91 Å². The molecular weight excluding hydrogens is 368 g/mol. The lowest BCUT2D eigenvalue weighted by atomic mass is 10.1. The molecule has 1 amide bonds. The van der Waals surface area contributed by atoms with Crippen LogP contribution in [0.1, 0.15) is 21.7 Å². The van der Waals surface area contributed by atoms with E-state index >= 15 is 0 Å². The van der Waals surface area contributed by atoms with Gasteiger partial charge in [-0.15, -0.1) is 0 Å². The van der Waals surface area contributed by atoms with E-state index < -0.39 is 0 Å². The van der Waals surface area contributed by atoms with Gasteiger partial charge in [-0.2, -0.15) is 5.10 Å². The fourth-order valence-corrected chi connectivity index (χ4v) is 3.62. The number of methoxy groups -OCH3 is 1. The van der Waals surface area contributed by atoms with Gasteiger partial charge < -0.3 is 14.5 Å². The highest BCUT2D eigenvalue weighted by molar-refractivity contribution is 5.97. The Morgan fingerprint density at radius 1 is 1.00 bits per heavy atom. The molecule has 3 aromatic rings. The molecule has 4 rings (SSSR count). The van der Waals surface area contributed by atoms with Crippen LogP contribution < -0.4 is 9.64 Å². The number of piperazine rings is 1. The predicted octanol–water partition coefficient (Wildman–Crippen LogP) is 2.25. The summed E-state index contributed by atoms with van der Waals surface area (Å²) in [6.07, 6.45) is 1.56. The summed E-state index contributed by atoms with van der Waals surface area (Å²) in [5.41, 5.74) is 2.57. The Labute approximate surface area is 169 Å². The first kappa shape index (κ1) is 18.9. The highest BCUT2D eigenvalue weighted by Gasteiger charge is 2.25. The number of amides is 1. The maximum Gasteiger partial charge on any atom is 0.257 e. The zero-order valence-electron chi connectivity index (χ0n) is 16.9. The molecule has 0 unspecified atom stereocenters. The van der Waals surface area contributed by atoms with E-state index in [4.69, 9.17) is 4.74 Å². The molecule has 2 aromatic heterocycles. The second-order valence-corrected chi connectivity index (χ2v) is 7.05. The largest absolute Gasteiger partial charge is 0.496 e. The van der Waals surface area contributed by atoms with Crippen LogP contribution >= 0.6 is 0 Å². The molecule has 1 aliphatic heterocycles. The van der Waals surface area contributed by atoms with E-state index in [0.717, 1.165) is 23.0 Å². The molecule has 1 aliphatic rings. The van der Waals surface area contributed by atoms with Gasteiger partial charge in [-0.05, 0) is 32.0 Å². The van der Waals surface area contributed by atoms with Crippen LogP contribution in [-0.4, -0.2) is 63.8 Å². The van der Waals surface area contributed by atoms with Gasteiger partial charge in [-0.25, -0.2) is 14.6 Å². The summed E-state index contributed by atoms with van der Waals surface area (Å²) in [6.45, 7) is 6.61. The number of hydrogen-bond donors (Lipinski definition) is 0. The normalized spacial score (nSPS) is 14.2. The standard InChI is InChI=1S/C21H24N6O2/c1-15-12-16(2)27(24-15)20-13-19(22-14-23-20)25-8-10-26(11-9-25)21(28)17-6-4-5-7-18(17)29-3/h4-7,12-14H,8-11H2,1-3H3. The number of para-hydroxylation sites is 1. The van der Waals surface area contributed by atoms with E-state index in [2.05, 4.69) is 20.0 Å². The van der Waals surface area contributed by atoms with Crippen molar-refractivity contribution in [1.82, 2.24) is 24.6 Å². The van der Waals surface area contributed by atoms with E-state index in [0.29, 0.717) is 37.5 Å². The molecule has 29 heavy (non-hydrogen) atoms. The second-order valence-electron chi connectivity index (χ2n) is 7.05. The van der Waals surface area contributed by atoms with Gasteiger partial charge in [0.05, 0.1) is 18.4 Å². The average molecular weight is 392 g/mol. The van der Waals surface area contributed by atoms with Crippen LogP contribution in [0.15, 0.2) is 42.7 Å². The highest BCUT2D eigenvalue weighted by Crippen LogP contribution is 2.22. The Hall–Kier alpha value is -3.42. The van der Waals surface area contributed by atoms with Crippen molar-refractivity contribution in [2.75, 3.05) is 38.2 Å². The van der Waals surface area contributed by atoms with Crippen LogP contribution in [0.25, 0.3) is 5.82 Å². The monoisotopic (exact) mass is 392 g/mol. The number of anilines is 1.